The van der Waals surface area contributed by atoms with Crippen molar-refractivity contribution in [2.75, 3.05) is 26.8 Å². The summed E-state index contributed by atoms with van der Waals surface area (Å²) < 4.78 is 13.6. The Hall–Kier alpha value is -0.910. The second-order valence-electron chi connectivity index (χ2n) is 5.75. The first-order valence-corrected chi connectivity index (χ1v) is 9.53. The summed E-state index contributed by atoms with van der Waals surface area (Å²) >= 11 is 1.29. The van der Waals surface area contributed by atoms with Gasteiger partial charge in [0.2, 0.25) is 0 Å². The van der Waals surface area contributed by atoms with E-state index in [0.29, 0.717) is 0 Å². The monoisotopic (exact) mass is 340 g/mol. The molecule has 1 aromatic carbocycles. The van der Waals surface area contributed by atoms with Gasteiger partial charge in [0, 0.05) is 24.7 Å². The van der Waals surface area contributed by atoms with Crippen LogP contribution in [0.3, 0.4) is 0 Å². The molecule has 0 heterocycles. The molecule has 0 aromatic heterocycles. The van der Waals surface area contributed by atoms with E-state index in [1.807, 2.05) is 35.6 Å². The maximum Gasteiger partial charge on any atom is 0.122 e. The summed E-state index contributed by atoms with van der Waals surface area (Å²) in [5, 5.41) is 5.47. The third-order valence-electron chi connectivity index (χ3n) is 3.64. The van der Waals surface area contributed by atoms with Gasteiger partial charge in [-0.1, -0.05) is 32.3 Å². The standard InChI is InChI=1S/C18H32N2O2S/c1-3-4-5-8-14-21-17-11-10-12-18(16-17)22-15-9-6-7-13-20(2)23-19/h10-12,16H,3-9,13-15,19H2,1-2H3. The lowest BCUT2D eigenvalue weighted by molar-refractivity contribution is 0.289. The fourth-order valence-corrected chi connectivity index (χ4v) is 2.46. The van der Waals surface area contributed by atoms with Crippen LogP contribution in [0.25, 0.3) is 0 Å². The normalized spacial score (nSPS) is 11.0. The highest BCUT2D eigenvalue weighted by molar-refractivity contribution is 7.94. The van der Waals surface area contributed by atoms with Gasteiger partial charge in [-0.2, -0.15) is 0 Å². The number of rotatable bonds is 14. The van der Waals surface area contributed by atoms with E-state index in [0.717, 1.165) is 56.9 Å². The zero-order valence-corrected chi connectivity index (χ0v) is 15.4. The molecule has 0 aliphatic heterocycles. The maximum absolute atomic E-state index is 5.80. The number of hydrogen-bond donors (Lipinski definition) is 1. The van der Waals surface area contributed by atoms with E-state index in [9.17, 15) is 0 Å². The third-order valence-corrected chi connectivity index (χ3v) is 4.18. The second kappa shape index (κ2) is 13.5. The lowest BCUT2D eigenvalue weighted by Crippen LogP contribution is -2.13. The maximum atomic E-state index is 5.80. The van der Waals surface area contributed by atoms with Crippen LogP contribution in [-0.4, -0.2) is 31.1 Å². The lowest BCUT2D eigenvalue weighted by Gasteiger charge is -2.12. The largest absolute Gasteiger partial charge is 0.493 e. The van der Waals surface area contributed by atoms with Crippen molar-refractivity contribution in [3.63, 3.8) is 0 Å². The number of nitrogens with two attached hydrogens (primary N) is 1. The topological polar surface area (TPSA) is 47.7 Å². The Labute approximate surface area is 146 Å². The molecule has 0 spiro atoms. The van der Waals surface area contributed by atoms with Crippen LogP contribution in [0.2, 0.25) is 0 Å². The predicted octanol–water partition coefficient (Wildman–Crippen LogP) is 4.65. The Bertz CT molecular complexity index is 404. The van der Waals surface area contributed by atoms with E-state index in [1.54, 1.807) is 0 Å². The Balaban J connectivity index is 2.13. The van der Waals surface area contributed by atoms with Crippen LogP contribution in [0, 0.1) is 0 Å². The average molecular weight is 341 g/mol. The molecule has 0 aliphatic carbocycles. The van der Waals surface area contributed by atoms with Crippen LogP contribution >= 0.6 is 12.1 Å². The summed E-state index contributed by atoms with van der Waals surface area (Å²) in [6.07, 6.45) is 8.25. The van der Waals surface area contributed by atoms with Gasteiger partial charge in [-0.05, 0) is 44.9 Å². The van der Waals surface area contributed by atoms with Gasteiger partial charge in [0.25, 0.3) is 0 Å². The molecule has 132 valence electrons. The van der Waals surface area contributed by atoms with Crippen LogP contribution in [-0.2, 0) is 0 Å². The van der Waals surface area contributed by atoms with E-state index < -0.39 is 0 Å². The highest BCUT2D eigenvalue weighted by Crippen LogP contribution is 2.20. The molecule has 2 N–H and O–H groups in total. The molecule has 0 saturated heterocycles. The van der Waals surface area contributed by atoms with Crippen molar-refractivity contribution in [2.24, 2.45) is 5.14 Å². The van der Waals surface area contributed by atoms with Gasteiger partial charge in [0.15, 0.2) is 0 Å². The molecule has 5 heteroatoms. The quantitative estimate of drug-likeness (QED) is 0.394. The van der Waals surface area contributed by atoms with Crippen molar-refractivity contribution in [1.82, 2.24) is 4.31 Å². The van der Waals surface area contributed by atoms with Crippen LogP contribution in [0.1, 0.15) is 51.9 Å². The zero-order valence-electron chi connectivity index (χ0n) is 14.6. The molecule has 23 heavy (non-hydrogen) atoms. The van der Waals surface area contributed by atoms with Gasteiger partial charge >= 0.3 is 0 Å². The molecular formula is C18H32N2O2S. The van der Waals surface area contributed by atoms with Gasteiger partial charge in [0.05, 0.1) is 13.2 Å². The Morgan fingerprint density at radius 3 is 2.13 bits per heavy atom. The third kappa shape index (κ3) is 10.5. The SMILES string of the molecule is CCCCCCOc1cccc(OCCCCCN(C)SN)c1. The van der Waals surface area contributed by atoms with E-state index in [1.165, 1.54) is 31.4 Å². The van der Waals surface area contributed by atoms with Crippen LogP contribution in [0.5, 0.6) is 11.5 Å². The number of hydrogen-bond acceptors (Lipinski definition) is 5. The smallest absolute Gasteiger partial charge is 0.122 e. The van der Waals surface area contributed by atoms with Gasteiger partial charge in [-0.15, -0.1) is 0 Å². The Kier molecular flexibility index (Phi) is 11.8. The minimum atomic E-state index is 0.749. The fourth-order valence-electron chi connectivity index (χ4n) is 2.23. The summed E-state index contributed by atoms with van der Waals surface area (Å²) in [6, 6.07) is 7.96. The van der Waals surface area contributed by atoms with Crippen LogP contribution in [0.15, 0.2) is 24.3 Å². The molecule has 0 radical (unpaired) electrons. The molecule has 0 amide bonds. The molecule has 0 bridgehead atoms. The van der Waals surface area contributed by atoms with E-state index in [-0.39, 0.29) is 0 Å². The van der Waals surface area contributed by atoms with Crippen molar-refractivity contribution in [3.05, 3.63) is 24.3 Å². The Morgan fingerprint density at radius 1 is 0.957 bits per heavy atom. The minimum absolute atomic E-state index is 0.749. The summed E-state index contributed by atoms with van der Waals surface area (Å²) in [5.41, 5.74) is 0. The molecule has 4 nitrogen and oxygen atoms in total. The molecule has 0 aliphatic rings. The first-order valence-electron chi connectivity index (χ1n) is 8.70. The Morgan fingerprint density at radius 2 is 1.57 bits per heavy atom. The zero-order chi connectivity index (χ0) is 16.8. The first kappa shape index (κ1) is 20.1. The van der Waals surface area contributed by atoms with Gasteiger partial charge < -0.3 is 9.47 Å². The van der Waals surface area contributed by atoms with Gasteiger partial charge in [-0.25, -0.2) is 4.31 Å². The molecule has 1 rings (SSSR count). The minimum Gasteiger partial charge on any atom is -0.493 e. The second-order valence-corrected chi connectivity index (χ2v) is 6.58. The van der Waals surface area contributed by atoms with Gasteiger partial charge in [0.1, 0.15) is 11.5 Å². The lowest BCUT2D eigenvalue weighted by atomic mass is 10.2. The number of nitrogens with zero attached hydrogens (tertiary/aromatic N) is 1. The molecule has 0 fully saturated rings. The molecule has 0 atom stereocenters. The molecule has 0 unspecified atom stereocenters. The summed E-state index contributed by atoms with van der Waals surface area (Å²) in [6.45, 7) is 4.77. The van der Waals surface area contributed by atoms with E-state index in [4.69, 9.17) is 14.6 Å². The van der Waals surface area contributed by atoms with Gasteiger partial charge in [-0.3, -0.25) is 5.14 Å². The number of ether oxygens (including phenoxy) is 2. The van der Waals surface area contributed by atoms with Crippen molar-refractivity contribution >= 4 is 12.1 Å². The summed E-state index contributed by atoms with van der Waals surface area (Å²) in [4.78, 5) is 0. The number of benzene rings is 1. The van der Waals surface area contributed by atoms with E-state index >= 15 is 0 Å². The van der Waals surface area contributed by atoms with Crippen LogP contribution in [0.4, 0.5) is 0 Å². The van der Waals surface area contributed by atoms with Crippen molar-refractivity contribution in [1.29, 1.82) is 0 Å². The average Bonchev–Trinajstić information content (AvgIpc) is 2.58. The fraction of sp³-hybridized carbons (Fsp3) is 0.667. The summed E-state index contributed by atoms with van der Waals surface area (Å²) in [7, 11) is 2.01. The summed E-state index contributed by atoms with van der Waals surface area (Å²) in [5.74, 6) is 1.80. The van der Waals surface area contributed by atoms with Crippen LogP contribution < -0.4 is 14.6 Å². The predicted molar refractivity (Wildman–Crippen MR) is 99.8 cm³/mol. The van der Waals surface area contributed by atoms with Crippen molar-refractivity contribution < 1.29 is 9.47 Å². The molecule has 1 aromatic rings. The molecule has 0 saturated carbocycles. The van der Waals surface area contributed by atoms with Crippen molar-refractivity contribution in [2.45, 2.75) is 51.9 Å². The molecular weight excluding hydrogens is 308 g/mol. The first-order chi connectivity index (χ1) is 11.3. The number of unbranched alkanes of at least 4 members (excludes halogenated alkanes) is 5. The highest BCUT2D eigenvalue weighted by Gasteiger charge is 1.99. The van der Waals surface area contributed by atoms with E-state index in [2.05, 4.69) is 6.92 Å². The highest BCUT2D eigenvalue weighted by atomic mass is 32.2. The van der Waals surface area contributed by atoms with Crippen molar-refractivity contribution in [3.8, 4) is 11.5 Å².